The predicted molar refractivity (Wildman–Crippen MR) is 72.2 cm³/mol. The number of benzene rings is 1. The normalized spacial score (nSPS) is 29.3. The lowest BCUT2D eigenvalue weighted by molar-refractivity contribution is -0.314. The molecule has 116 valence electrons. The molecule has 0 aliphatic heterocycles. The number of fused-ring (bicyclic) bond motifs is 2. The number of carbonyl (C=O) groups is 3. The highest BCUT2D eigenvalue weighted by Crippen LogP contribution is 2.52. The molecule has 0 aromatic heterocycles. The zero-order chi connectivity index (χ0) is 15.9. The molecule has 6 heteroatoms. The average molecular weight is 301 g/mol. The Balaban J connectivity index is 1.73. The van der Waals surface area contributed by atoms with Crippen molar-refractivity contribution in [3.05, 3.63) is 29.8 Å². The molecule has 1 aromatic rings. The van der Waals surface area contributed by atoms with Crippen LogP contribution in [0.2, 0.25) is 0 Å². The molecule has 4 atom stereocenters. The Kier molecular flexibility index (Phi) is 3.60. The first-order valence-electron chi connectivity index (χ1n) is 7.30. The summed E-state index contributed by atoms with van der Waals surface area (Å²) >= 11 is 0. The molecule has 6 nitrogen and oxygen atoms in total. The smallest absolute Gasteiger partial charge is 0.228 e. The van der Waals surface area contributed by atoms with Crippen molar-refractivity contribution in [3.8, 4) is 0 Å². The van der Waals surface area contributed by atoms with E-state index < -0.39 is 23.8 Å². The van der Waals surface area contributed by atoms with Crippen molar-refractivity contribution in [3.63, 3.8) is 0 Å². The van der Waals surface area contributed by atoms with Crippen LogP contribution in [0.25, 0.3) is 0 Å². The molecule has 0 saturated heterocycles. The van der Waals surface area contributed by atoms with Gasteiger partial charge >= 0.3 is 0 Å². The number of hydrogen-bond acceptors (Lipinski definition) is 5. The maximum atomic E-state index is 12.4. The fourth-order valence-electron chi connectivity index (χ4n) is 3.92. The van der Waals surface area contributed by atoms with Gasteiger partial charge in [-0.25, -0.2) is 0 Å². The first kappa shape index (κ1) is 14.6. The van der Waals surface area contributed by atoms with E-state index in [2.05, 4.69) is 5.32 Å². The molecule has 1 N–H and O–H groups in total. The minimum absolute atomic E-state index is 0.0190. The number of carboxylic acid groups (broad SMARTS) is 2. The Morgan fingerprint density at radius 1 is 0.955 bits per heavy atom. The fraction of sp³-hybridized carbons (Fsp3) is 0.438. The standard InChI is InChI=1S/C16H17NO5/c18-14(17-11-5-3-8(4-6-11)15(19)20)12-9-1-2-10(7-9)13(12)16(21)22/h3-6,9-10,12-13H,1-2,7H2,(H,17,18)(H,19,20)(H,21,22)/p-2/t9-,10+,12-,13+/m1/s1. The highest BCUT2D eigenvalue weighted by molar-refractivity contribution is 5.96. The molecule has 2 bridgehead atoms. The van der Waals surface area contributed by atoms with Gasteiger partial charge in [0.05, 0.1) is 5.97 Å². The van der Waals surface area contributed by atoms with Gasteiger partial charge in [-0.3, -0.25) is 4.79 Å². The van der Waals surface area contributed by atoms with Crippen LogP contribution in [0.3, 0.4) is 0 Å². The Bertz CT molecular complexity index is 624. The Morgan fingerprint density at radius 2 is 1.55 bits per heavy atom. The van der Waals surface area contributed by atoms with Crippen LogP contribution >= 0.6 is 0 Å². The summed E-state index contributed by atoms with van der Waals surface area (Å²) in [4.78, 5) is 34.4. The third kappa shape index (κ3) is 2.45. The number of rotatable bonds is 4. The summed E-state index contributed by atoms with van der Waals surface area (Å²) in [5.41, 5.74) is 0.459. The molecule has 2 fully saturated rings. The van der Waals surface area contributed by atoms with Gasteiger partial charge in [-0.05, 0) is 48.8 Å². The minimum Gasteiger partial charge on any atom is -0.550 e. The number of aliphatic carboxylic acids is 1. The van der Waals surface area contributed by atoms with Gasteiger partial charge in [-0.1, -0.05) is 12.1 Å². The van der Waals surface area contributed by atoms with Crippen LogP contribution in [-0.4, -0.2) is 17.8 Å². The first-order chi connectivity index (χ1) is 10.5. The van der Waals surface area contributed by atoms with Crippen molar-refractivity contribution < 1.29 is 24.6 Å². The summed E-state index contributed by atoms with van der Waals surface area (Å²) in [6.07, 6.45) is 2.48. The Morgan fingerprint density at radius 3 is 2.09 bits per heavy atom. The molecule has 22 heavy (non-hydrogen) atoms. The lowest BCUT2D eigenvalue weighted by Gasteiger charge is -2.30. The summed E-state index contributed by atoms with van der Waals surface area (Å²) in [5.74, 6) is -3.93. The first-order valence-corrected chi connectivity index (χ1v) is 7.30. The second kappa shape index (κ2) is 5.44. The van der Waals surface area contributed by atoms with Crippen molar-refractivity contribution in [2.45, 2.75) is 19.3 Å². The van der Waals surface area contributed by atoms with Crippen molar-refractivity contribution in [2.24, 2.45) is 23.7 Å². The molecule has 1 amide bonds. The monoisotopic (exact) mass is 301 g/mol. The quantitative estimate of drug-likeness (QED) is 0.798. The van der Waals surface area contributed by atoms with Crippen LogP contribution in [0.1, 0.15) is 29.6 Å². The van der Waals surface area contributed by atoms with Crippen LogP contribution in [0, 0.1) is 23.7 Å². The predicted octanol–water partition coefficient (Wildman–Crippen LogP) is -0.599. The maximum absolute atomic E-state index is 12.4. The third-order valence-electron chi connectivity index (χ3n) is 4.88. The van der Waals surface area contributed by atoms with Gasteiger partial charge in [0, 0.05) is 23.5 Å². The van der Waals surface area contributed by atoms with Gasteiger partial charge in [0.2, 0.25) is 5.91 Å². The van der Waals surface area contributed by atoms with Crippen LogP contribution in [0.15, 0.2) is 24.3 Å². The molecule has 2 aliphatic carbocycles. The number of carbonyl (C=O) groups excluding carboxylic acids is 3. The molecule has 0 heterocycles. The summed E-state index contributed by atoms with van der Waals surface area (Å²) in [6, 6.07) is 5.60. The van der Waals surface area contributed by atoms with Gasteiger partial charge in [-0.15, -0.1) is 0 Å². The fourth-order valence-corrected chi connectivity index (χ4v) is 3.92. The molecule has 0 spiro atoms. The van der Waals surface area contributed by atoms with Crippen molar-refractivity contribution in [2.75, 3.05) is 5.32 Å². The Hall–Kier alpha value is -2.37. The van der Waals surface area contributed by atoms with Gasteiger partial charge in [0.15, 0.2) is 0 Å². The second-order valence-electron chi connectivity index (χ2n) is 6.06. The minimum atomic E-state index is -1.29. The summed E-state index contributed by atoms with van der Waals surface area (Å²) < 4.78 is 0. The second-order valence-corrected chi connectivity index (χ2v) is 6.06. The third-order valence-corrected chi connectivity index (χ3v) is 4.88. The molecule has 2 aliphatic rings. The summed E-state index contributed by atoms with van der Waals surface area (Å²) in [5, 5.41) is 24.7. The number of amides is 1. The number of aromatic carboxylic acids is 1. The van der Waals surface area contributed by atoms with E-state index in [-0.39, 0.29) is 23.3 Å². The largest absolute Gasteiger partial charge is 0.550 e. The highest BCUT2D eigenvalue weighted by atomic mass is 16.4. The van der Waals surface area contributed by atoms with E-state index in [9.17, 15) is 24.6 Å². The lowest BCUT2D eigenvalue weighted by atomic mass is 9.78. The molecule has 0 radical (unpaired) electrons. The van der Waals surface area contributed by atoms with E-state index >= 15 is 0 Å². The molecule has 2 saturated carbocycles. The molecule has 1 aromatic carbocycles. The van der Waals surface area contributed by atoms with E-state index in [0.717, 1.165) is 19.3 Å². The van der Waals surface area contributed by atoms with Crippen LogP contribution in [0.4, 0.5) is 5.69 Å². The zero-order valence-electron chi connectivity index (χ0n) is 11.8. The van der Waals surface area contributed by atoms with E-state index in [1.807, 2.05) is 0 Å². The van der Waals surface area contributed by atoms with Gasteiger partial charge in [0.1, 0.15) is 0 Å². The topological polar surface area (TPSA) is 109 Å². The molecular formula is C16H15NO5-2. The summed E-state index contributed by atoms with van der Waals surface area (Å²) in [6.45, 7) is 0. The van der Waals surface area contributed by atoms with E-state index in [1.54, 1.807) is 0 Å². The van der Waals surface area contributed by atoms with Crippen molar-refractivity contribution in [1.82, 2.24) is 0 Å². The number of hydrogen-bond donors (Lipinski definition) is 1. The SMILES string of the molecule is O=C([O-])c1ccc(NC(=O)[C@@H]2[C@@H]3CC[C@@H](C3)[C@@H]2C(=O)[O-])cc1. The van der Waals surface area contributed by atoms with Gasteiger partial charge < -0.3 is 25.1 Å². The van der Waals surface area contributed by atoms with Crippen LogP contribution < -0.4 is 15.5 Å². The lowest BCUT2D eigenvalue weighted by Crippen LogP contribution is -2.43. The van der Waals surface area contributed by atoms with Crippen molar-refractivity contribution >= 4 is 23.5 Å². The molecule has 3 rings (SSSR count). The molecular weight excluding hydrogens is 286 g/mol. The number of nitrogens with one attached hydrogen (secondary N) is 1. The number of anilines is 1. The Labute approximate surface area is 127 Å². The highest BCUT2D eigenvalue weighted by Gasteiger charge is 2.51. The van der Waals surface area contributed by atoms with E-state index in [0.29, 0.717) is 5.69 Å². The van der Waals surface area contributed by atoms with Gasteiger partial charge in [0.25, 0.3) is 0 Å². The number of carboxylic acids is 2. The average Bonchev–Trinajstić information content (AvgIpc) is 3.08. The van der Waals surface area contributed by atoms with Crippen LogP contribution in [0.5, 0.6) is 0 Å². The summed E-state index contributed by atoms with van der Waals surface area (Å²) in [7, 11) is 0. The molecule has 0 unspecified atom stereocenters. The zero-order valence-corrected chi connectivity index (χ0v) is 11.8. The van der Waals surface area contributed by atoms with Crippen molar-refractivity contribution in [1.29, 1.82) is 0 Å². The van der Waals surface area contributed by atoms with E-state index in [4.69, 9.17) is 0 Å². The maximum Gasteiger partial charge on any atom is 0.228 e. The van der Waals surface area contributed by atoms with Crippen LogP contribution in [-0.2, 0) is 9.59 Å². The van der Waals surface area contributed by atoms with E-state index in [1.165, 1.54) is 24.3 Å². The van der Waals surface area contributed by atoms with Gasteiger partial charge in [-0.2, -0.15) is 0 Å².